The summed E-state index contributed by atoms with van der Waals surface area (Å²) >= 11 is 0. The van der Waals surface area contributed by atoms with E-state index in [4.69, 9.17) is 0 Å². The molecule has 9 nitrogen and oxygen atoms in total. The van der Waals surface area contributed by atoms with Crippen LogP contribution in [0.1, 0.15) is 77.2 Å². The fraction of sp³-hybridized carbons (Fsp3) is 0.600. The third-order valence-corrected chi connectivity index (χ3v) is 6.75. The van der Waals surface area contributed by atoms with E-state index in [-0.39, 0.29) is 18.8 Å². The summed E-state index contributed by atoms with van der Waals surface area (Å²) < 4.78 is 0. The second-order valence-electron chi connectivity index (χ2n) is 9.73. The van der Waals surface area contributed by atoms with Crippen LogP contribution >= 0.6 is 0 Å². The summed E-state index contributed by atoms with van der Waals surface area (Å²) in [7, 11) is 0. The van der Waals surface area contributed by atoms with Crippen molar-refractivity contribution in [2.24, 2.45) is 5.92 Å². The first-order chi connectivity index (χ1) is 16.3. The van der Waals surface area contributed by atoms with Crippen LogP contribution in [0.15, 0.2) is 30.3 Å². The molecular weight excluding hydrogens is 436 g/mol. The van der Waals surface area contributed by atoms with Gasteiger partial charge in [0.25, 0.3) is 11.8 Å². The highest BCUT2D eigenvalue weighted by Gasteiger charge is 2.55. The van der Waals surface area contributed by atoms with E-state index in [1.54, 1.807) is 5.48 Å². The molecule has 0 radical (unpaired) electrons. The van der Waals surface area contributed by atoms with E-state index in [0.717, 1.165) is 34.8 Å². The summed E-state index contributed by atoms with van der Waals surface area (Å²) in [5.41, 5.74) is 1.67. The fourth-order valence-corrected chi connectivity index (χ4v) is 4.83. The topological polar surface area (TPSA) is 119 Å². The molecule has 0 unspecified atom stereocenters. The molecule has 0 aromatic heterocycles. The first kappa shape index (κ1) is 25.7. The summed E-state index contributed by atoms with van der Waals surface area (Å²) in [4.78, 5) is 52.7. The maximum absolute atomic E-state index is 13.5. The molecule has 1 spiro atoms. The highest BCUT2D eigenvalue weighted by Crippen LogP contribution is 2.35. The maximum atomic E-state index is 13.5. The smallest absolute Gasteiger partial charge is 0.322 e. The number of nitrogens with zero attached hydrogens (tertiary/aromatic N) is 2. The van der Waals surface area contributed by atoms with Crippen LogP contribution in [0.5, 0.6) is 0 Å². The molecule has 1 aliphatic carbocycles. The fourth-order valence-electron chi connectivity index (χ4n) is 4.83. The number of hydroxylamine groups is 1. The van der Waals surface area contributed by atoms with Gasteiger partial charge in [0.15, 0.2) is 0 Å². The van der Waals surface area contributed by atoms with Gasteiger partial charge in [0.05, 0.1) is 0 Å². The second-order valence-corrected chi connectivity index (χ2v) is 9.73. The third-order valence-electron chi connectivity index (χ3n) is 6.75. The van der Waals surface area contributed by atoms with Crippen LogP contribution in [0.25, 0.3) is 0 Å². The quantitative estimate of drug-likeness (QED) is 0.274. The number of urea groups is 1. The number of rotatable bonds is 10. The van der Waals surface area contributed by atoms with Crippen molar-refractivity contribution in [2.45, 2.75) is 89.6 Å². The van der Waals surface area contributed by atoms with Crippen molar-refractivity contribution < 1.29 is 24.4 Å². The summed E-state index contributed by atoms with van der Waals surface area (Å²) in [5.74, 6) is -1.58. The van der Waals surface area contributed by atoms with Crippen molar-refractivity contribution >= 4 is 23.8 Å². The molecule has 1 heterocycles. The molecule has 0 bridgehead atoms. The van der Waals surface area contributed by atoms with Gasteiger partial charge in [-0.25, -0.2) is 15.3 Å². The van der Waals surface area contributed by atoms with E-state index in [1.165, 1.54) is 0 Å². The SMILES string of the molecule is CC(C)CCC(=O)N([C@@H](CCCc1ccccc1)C(=O)NO)N1C(=O)NC2(CCCCC2)C1=O. The first-order valence-corrected chi connectivity index (χ1v) is 12.3. The van der Waals surface area contributed by atoms with Gasteiger partial charge in [-0.1, -0.05) is 63.4 Å². The van der Waals surface area contributed by atoms with E-state index >= 15 is 0 Å². The molecular formula is C25H36N4O5. The Hall–Kier alpha value is -2.94. The third kappa shape index (κ3) is 5.75. The Balaban J connectivity index is 1.88. The number of hydrazine groups is 1. The minimum atomic E-state index is -1.19. The van der Waals surface area contributed by atoms with Crippen LogP contribution in [0.3, 0.4) is 0 Å². The molecule has 3 N–H and O–H groups in total. The summed E-state index contributed by atoms with van der Waals surface area (Å²) in [5, 5.41) is 14.1. The number of hydrogen-bond donors (Lipinski definition) is 3. The van der Waals surface area contributed by atoms with E-state index < -0.39 is 35.3 Å². The van der Waals surface area contributed by atoms with E-state index in [2.05, 4.69) is 5.32 Å². The van der Waals surface area contributed by atoms with Crippen molar-refractivity contribution in [2.75, 3.05) is 0 Å². The Labute approximate surface area is 200 Å². The van der Waals surface area contributed by atoms with Crippen LogP contribution in [0, 0.1) is 5.92 Å². The molecule has 1 atom stereocenters. The Morgan fingerprint density at radius 3 is 2.41 bits per heavy atom. The lowest BCUT2D eigenvalue weighted by Crippen LogP contribution is -2.60. The lowest BCUT2D eigenvalue weighted by Gasteiger charge is -2.36. The Morgan fingerprint density at radius 1 is 1.12 bits per heavy atom. The van der Waals surface area contributed by atoms with Gasteiger partial charge < -0.3 is 5.32 Å². The molecule has 186 valence electrons. The van der Waals surface area contributed by atoms with Gasteiger partial charge in [-0.3, -0.25) is 19.6 Å². The second kappa shape index (κ2) is 11.5. The van der Waals surface area contributed by atoms with Crippen LogP contribution in [0.2, 0.25) is 0 Å². The van der Waals surface area contributed by atoms with Gasteiger partial charge in [0, 0.05) is 6.42 Å². The van der Waals surface area contributed by atoms with Gasteiger partial charge in [0.2, 0.25) is 5.91 Å². The minimum Gasteiger partial charge on any atom is -0.322 e. The lowest BCUT2D eigenvalue weighted by molar-refractivity contribution is -0.167. The summed E-state index contributed by atoms with van der Waals surface area (Å²) in [6.45, 7) is 3.94. The monoisotopic (exact) mass is 472 g/mol. The van der Waals surface area contributed by atoms with Crippen LogP contribution < -0.4 is 10.8 Å². The Morgan fingerprint density at radius 2 is 1.79 bits per heavy atom. The molecule has 1 aromatic carbocycles. The Kier molecular flexibility index (Phi) is 8.66. The predicted octanol–water partition coefficient (Wildman–Crippen LogP) is 3.32. The molecule has 1 aliphatic heterocycles. The molecule has 9 heteroatoms. The average Bonchev–Trinajstić information content (AvgIpc) is 3.06. The van der Waals surface area contributed by atoms with Crippen molar-refractivity contribution in [1.82, 2.24) is 20.8 Å². The number of aryl methyl sites for hydroxylation is 1. The maximum Gasteiger partial charge on any atom is 0.344 e. The van der Waals surface area contributed by atoms with Gasteiger partial charge in [-0.15, -0.1) is 0 Å². The zero-order chi connectivity index (χ0) is 24.7. The van der Waals surface area contributed by atoms with Crippen molar-refractivity contribution in [3.05, 3.63) is 35.9 Å². The van der Waals surface area contributed by atoms with Gasteiger partial charge in [-0.2, -0.15) is 5.01 Å². The van der Waals surface area contributed by atoms with Crippen LogP contribution in [-0.2, 0) is 20.8 Å². The van der Waals surface area contributed by atoms with E-state index in [0.29, 0.717) is 32.1 Å². The number of imide groups is 1. The molecule has 1 saturated heterocycles. The number of carbonyl (C=O) groups is 4. The highest BCUT2D eigenvalue weighted by atomic mass is 16.5. The van der Waals surface area contributed by atoms with Gasteiger partial charge >= 0.3 is 6.03 Å². The zero-order valence-corrected chi connectivity index (χ0v) is 20.1. The summed E-state index contributed by atoms with van der Waals surface area (Å²) in [6, 6.07) is 7.82. The van der Waals surface area contributed by atoms with Crippen molar-refractivity contribution in [1.29, 1.82) is 0 Å². The Bertz CT molecular complexity index is 883. The lowest BCUT2D eigenvalue weighted by atomic mass is 9.82. The van der Waals surface area contributed by atoms with Crippen LogP contribution in [0.4, 0.5) is 4.79 Å². The number of hydrogen-bond acceptors (Lipinski definition) is 5. The highest BCUT2D eigenvalue weighted by molar-refractivity contribution is 6.08. The molecule has 3 rings (SSSR count). The van der Waals surface area contributed by atoms with Crippen molar-refractivity contribution in [3.8, 4) is 0 Å². The van der Waals surface area contributed by atoms with E-state index in [9.17, 15) is 24.4 Å². The standard InChI is InChI=1S/C25H36N4O5/c1-18(2)14-15-21(30)28(29-23(32)25(26-24(29)33)16-7-4-8-17-25)20(22(31)27-34)13-9-12-19-10-5-3-6-11-19/h3,5-6,10-11,18,20,34H,4,7-9,12-17H2,1-2H3,(H,26,33)(H,27,31)/t20-/m0/s1. The average molecular weight is 473 g/mol. The predicted molar refractivity (Wildman–Crippen MR) is 125 cm³/mol. The summed E-state index contributed by atoms with van der Waals surface area (Å²) in [6.07, 6.45) is 5.57. The first-order valence-electron chi connectivity index (χ1n) is 12.3. The number of amides is 5. The molecule has 1 saturated carbocycles. The molecule has 2 fully saturated rings. The molecule has 2 aliphatic rings. The molecule has 5 amide bonds. The molecule has 34 heavy (non-hydrogen) atoms. The largest absolute Gasteiger partial charge is 0.344 e. The van der Waals surface area contributed by atoms with E-state index in [1.807, 2.05) is 44.2 Å². The van der Waals surface area contributed by atoms with Gasteiger partial charge in [0.1, 0.15) is 11.6 Å². The van der Waals surface area contributed by atoms with Crippen LogP contribution in [-0.4, -0.2) is 50.6 Å². The number of benzene rings is 1. The zero-order valence-electron chi connectivity index (χ0n) is 20.1. The minimum absolute atomic E-state index is 0.0790. The van der Waals surface area contributed by atoms with Gasteiger partial charge in [-0.05, 0) is 50.0 Å². The number of carbonyl (C=O) groups excluding carboxylic acids is 4. The number of nitrogens with one attached hydrogen (secondary N) is 2. The van der Waals surface area contributed by atoms with Crippen molar-refractivity contribution in [3.63, 3.8) is 0 Å². The normalized spacial score (nSPS) is 18.2. The molecule has 1 aromatic rings.